The fourth-order valence-electron chi connectivity index (χ4n) is 3.62. The van der Waals surface area contributed by atoms with E-state index < -0.39 is 0 Å². The van der Waals surface area contributed by atoms with Gasteiger partial charge in [0.2, 0.25) is 5.91 Å². The molecule has 110 valence electrons. The lowest BCUT2D eigenvalue weighted by Gasteiger charge is -2.29. The third kappa shape index (κ3) is 3.11. The second-order valence-electron chi connectivity index (χ2n) is 7.54. The Balaban J connectivity index is 2.00. The average molecular weight is 268 g/mol. The quantitative estimate of drug-likeness (QED) is 0.828. The van der Waals surface area contributed by atoms with Gasteiger partial charge in [-0.05, 0) is 47.1 Å². The number of nitrogens with zero attached hydrogens (tertiary/aromatic N) is 1. The van der Waals surface area contributed by atoms with Gasteiger partial charge in [-0.1, -0.05) is 6.92 Å². The molecule has 2 heterocycles. The first-order chi connectivity index (χ1) is 8.61. The number of ether oxygens (including phenoxy) is 1. The van der Waals surface area contributed by atoms with Crippen LogP contribution in [0.3, 0.4) is 0 Å². The maximum atomic E-state index is 12.5. The molecule has 0 spiro atoms. The van der Waals surface area contributed by atoms with Crippen molar-refractivity contribution >= 4 is 5.91 Å². The van der Waals surface area contributed by atoms with Crippen molar-refractivity contribution in [1.29, 1.82) is 0 Å². The molecular formula is C15H28N2O2. The number of nitrogens with one attached hydrogen (secondary N) is 1. The SMILES string of the molecule is C[C@@H]1CN(C)C[C@H]1C(=O)N[C@@H]1CC(C)(C)OC1(C)C. The van der Waals surface area contributed by atoms with E-state index in [0.717, 1.165) is 19.5 Å². The molecule has 2 saturated heterocycles. The number of hydrogen-bond donors (Lipinski definition) is 1. The molecule has 19 heavy (non-hydrogen) atoms. The largest absolute Gasteiger partial charge is 0.367 e. The van der Waals surface area contributed by atoms with E-state index in [-0.39, 0.29) is 29.1 Å². The lowest BCUT2D eigenvalue weighted by atomic mass is 9.92. The summed E-state index contributed by atoms with van der Waals surface area (Å²) in [4.78, 5) is 14.7. The van der Waals surface area contributed by atoms with Gasteiger partial charge in [-0.2, -0.15) is 0 Å². The smallest absolute Gasteiger partial charge is 0.225 e. The van der Waals surface area contributed by atoms with E-state index in [4.69, 9.17) is 4.74 Å². The lowest BCUT2D eigenvalue weighted by Crippen LogP contribution is -2.49. The van der Waals surface area contributed by atoms with Gasteiger partial charge in [0.05, 0.1) is 23.2 Å². The maximum absolute atomic E-state index is 12.5. The fraction of sp³-hybridized carbons (Fsp3) is 0.933. The summed E-state index contributed by atoms with van der Waals surface area (Å²) in [5.41, 5.74) is -0.438. The van der Waals surface area contributed by atoms with Crippen LogP contribution in [-0.4, -0.2) is 48.2 Å². The minimum absolute atomic E-state index is 0.105. The molecule has 0 bridgehead atoms. The molecule has 1 N–H and O–H groups in total. The van der Waals surface area contributed by atoms with Gasteiger partial charge in [0.25, 0.3) is 0 Å². The molecule has 4 heteroatoms. The number of amides is 1. The fourth-order valence-corrected chi connectivity index (χ4v) is 3.62. The van der Waals surface area contributed by atoms with Crippen LogP contribution in [0.25, 0.3) is 0 Å². The predicted molar refractivity (Wildman–Crippen MR) is 75.9 cm³/mol. The summed E-state index contributed by atoms with van der Waals surface area (Å²) >= 11 is 0. The lowest BCUT2D eigenvalue weighted by molar-refractivity contribution is -0.128. The van der Waals surface area contributed by atoms with Gasteiger partial charge in [-0.3, -0.25) is 4.79 Å². The number of hydrogen-bond acceptors (Lipinski definition) is 3. The van der Waals surface area contributed by atoms with E-state index in [0.29, 0.717) is 5.92 Å². The second-order valence-corrected chi connectivity index (χ2v) is 7.54. The first-order valence-corrected chi connectivity index (χ1v) is 7.30. The predicted octanol–water partition coefficient (Wildman–Crippen LogP) is 1.65. The Kier molecular flexibility index (Phi) is 3.69. The number of carbonyl (C=O) groups is 1. The third-order valence-electron chi connectivity index (χ3n) is 4.52. The summed E-state index contributed by atoms with van der Waals surface area (Å²) in [7, 11) is 2.08. The van der Waals surface area contributed by atoms with Gasteiger partial charge in [0.1, 0.15) is 0 Å². The molecule has 0 aromatic rings. The molecule has 3 atom stereocenters. The van der Waals surface area contributed by atoms with Gasteiger partial charge >= 0.3 is 0 Å². The van der Waals surface area contributed by atoms with Crippen molar-refractivity contribution in [3.63, 3.8) is 0 Å². The Morgan fingerprint density at radius 3 is 2.32 bits per heavy atom. The topological polar surface area (TPSA) is 41.6 Å². The molecule has 0 aromatic heterocycles. The third-order valence-corrected chi connectivity index (χ3v) is 4.52. The monoisotopic (exact) mass is 268 g/mol. The van der Waals surface area contributed by atoms with Crippen molar-refractivity contribution < 1.29 is 9.53 Å². The van der Waals surface area contributed by atoms with Crippen LogP contribution < -0.4 is 5.32 Å². The van der Waals surface area contributed by atoms with E-state index in [1.807, 2.05) is 0 Å². The van der Waals surface area contributed by atoms with Gasteiger partial charge in [0.15, 0.2) is 0 Å². The normalized spacial score (nSPS) is 37.5. The summed E-state index contributed by atoms with van der Waals surface area (Å²) in [6.45, 7) is 12.3. The molecule has 0 saturated carbocycles. The van der Waals surface area contributed by atoms with Crippen LogP contribution in [-0.2, 0) is 9.53 Å². The van der Waals surface area contributed by atoms with E-state index >= 15 is 0 Å². The number of carbonyl (C=O) groups excluding carboxylic acids is 1. The summed E-state index contributed by atoms with van der Waals surface area (Å²) in [6, 6.07) is 0.105. The van der Waals surface area contributed by atoms with E-state index in [1.165, 1.54) is 0 Å². The van der Waals surface area contributed by atoms with Crippen LogP contribution in [0.5, 0.6) is 0 Å². The molecule has 2 aliphatic rings. The van der Waals surface area contributed by atoms with Crippen LogP contribution in [0, 0.1) is 11.8 Å². The Hall–Kier alpha value is -0.610. The standard InChI is InChI=1S/C15H28N2O2/c1-10-8-17(6)9-11(10)13(18)16-12-7-14(2,3)19-15(12,4)5/h10-12H,7-9H2,1-6H3,(H,16,18)/t10-,11-,12-/m1/s1. The molecule has 0 aromatic carbocycles. The molecular weight excluding hydrogens is 240 g/mol. The highest BCUT2D eigenvalue weighted by Gasteiger charge is 2.47. The Labute approximate surface area is 116 Å². The first kappa shape index (κ1) is 14.8. The molecule has 2 rings (SSSR count). The molecule has 2 fully saturated rings. The number of rotatable bonds is 2. The summed E-state index contributed by atoms with van der Waals surface area (Å²) < 4.78 is 6.04. The second kappa shape index (κ2) is 4.74. The molecule has 4 nitrogen and oxygen atoms in total. The molecule has 0 aliphatic carbocycles. The van der Waals surface area contributed by atoms with Crippen LogP contribution >= 0.6 is 0 Å². The minimum Gasteiger partial charge on any atom is -0.367 e. The molecule has 0 radical (unpaired) electrons. The summed E-state index contributed by atoms with van der Waals surface area (Å²) in [6.07, 6.45) is 0.878. The van der Waals surface area contributed by atoms with Crippen LogP contribution in [0.2, 0.25) is 0 Å². The van der Waals surface area contributed by atoms with E-state index in [9.17, 15) is 4.79 Å². The average Bonchev–Trinajstić information content (AvgIpc) is 2.63. The van der Waals surface area contributed by atoms with Crippen molar-refractivity contribution in [2.75, 3.05) is 20.1 Å². The molecule has 0 unspecified atom stereocenters. The van der Waals surface area contributed by atoms with Crippen molar-refractivity contribution in [2.45, 2.75) is 58.3 Å². The zero-order chi connectivity index (χ0) is 14.4. The van der Waals surface area contributed by atoms with Crippen molar-refractivity contribution in [1.82, 2.24) is 10.2 Å². The highest BCUT2D eigenvalue weighted by molar-refractivity contribution is 5.80. The van der Waals surface area contributed by atoms with Crippen molar-refractivity contribution in [3.8, 4) is 0 Å². The molecule has 1 amide bonds. The van der Waals surface area contributed by atoms with Gasteiger partial charge in [0, 0.05) is 13.1 Å². The van der Waals surface area contributed by atoms with Crippen LogP contribution in [0.1, 0.15) is 41.0 Å². The summed E-state index contributed by atoms with van der Waals surface area (Å²) in [5.74, 6) is 0.740. The van der Waals surface area contributed by atoms with Gasteiger partial charge in [-0.25, -0.2) is 0 Å². The van der Waals surface area contributed by atoms with Gasteiger partial charge in [-0.15, -0.1) is 0 Å². The maximum Gasteiger partial charge on any atom is 0.225 e. The van der Waals surface area contributed by atoms with E-state index in [1.54, 1.807) is 0 Å². The van der Waals surface area contributed by atoms with Crippen LogP contribution in [0.15, 0.2) is 0 Å². The first-order valence-electron chi connectivity index (χ1n) is 7.30. The Bertz CT molecular complexity index is 365. The Morgan fingerprint density at radius 2 is 1.89 bits per heavy atom. The zero-order valence-electron chi connectivity index (χ0n) is 13.1. The van der Waals surface area contributed by atoms with Crippen molar-refractivity contribution in [2.24, 2.45) is 11.8 Å². The molecule has 2 aliphatic heterocycles. The van der Waals surface area contributed by atoms with Crippen LogP contribution in [0.4, 0.5) is 0 Å². The highest BCUT2D eigenvalue weighted by Crippen LogP contribution is 2.37. The van der Waals surface area contributed by atoms with Crippen molar-refractivity contribution in [3.05, 3.63) is 0 Å². The van der Waals surface area contributed by atoms with E-state index in [2.05, 4.69) is 51.9 Å². The van der Waals surface area contributed by atoms with Gasteiger partial charge < -0.3 is 15.0 Å². The minimum atomic E-state index is -0.285. The Morgan fingerprint density at radius 1 is 1.26 bits per heavy atom. The number of likely N-dealkylation sites (tertiary alicyclic amines) is 1. The zero-order valence-corrected chi connectivity index (χ0v) is 13.1. The summed E-state index contributed by atoms with van der Waals surface area (Å²) in [5, 5.41) is 3.23. The highest BCUT2D eigenvalue weighted by atomic mass is 16.5.